The second-order valence-electron chi connectivity index (χ2n) is 7.66. The van der Waals surface area contributed by atoms with Crippen LogP contribution in [-0.4, -0.2) is 23.1 Å². The smallest absolute Gasteiger partial charge is 0.325 e. The molecule has 0 bridgehead atoms. The van der Waals surface area contributed by atoms with E-state index in [4.69, 9.17) is 14.7 Å². The average molecular weight is 389 g/mol. The van der Waals surface area contributed by atoms with Crippen molar-refractivity contribution in [3.8, 4) is 6.07 Å². The minimum atomic E-state index is -2.43. The van der Waals surface area contributed by atoms with E-state index in [0.717, 1.165) is 6.07 Å². The molecule has 0 saturated carbocycles. The van der Waals surface area contributed by atoms with Crippen LogP contribution in [0.25, 0.3) is 0 Å². The number of nitriles is 1. The fraction of sp³-hybridized carbons (Fsp3) is 0.500. The number of halogens is 4. The lowest BCUT2D eigenvalue weighted by Gasteiger charge is -2.27. The Balaban J connectivity index is 3.69. The maximum absolute atomic E-state index is 14.4. The van der Waals surface area contributed by atoms with Crippen LogP contribution in [0.15, 0.2) is 0 Å². The van der Waals surface area contributed by atoms with Crippen LogP contribution in [0.3, 0.4) is 0 Å². The Hall–Kier alpha value is -2.63. The summed E-state index contributed by atoms with van der Waals surface area (Å²) in [7, 11) is 0. The maximum Gasteiger partial charge on any atom is 0.325 e. The van der Waals surface area contributed by atoms with Crippen molar-refractivity contribution >= 4 is 11.9 Å². The molecule has 0 aromatic heterocycles. The zero-order chi connectivity index (χ0) is 21.3. The first-order valence-corrected chi connectivity index (χ1v) is 7.82. The molecule has 0 heterocycles. The summed E-state index contributed by atoms with van der Waals surface area (Å²) in [5.41, 5.74) is -5.38. The minimum absolute atomic E-state index is 0.984. The number of carbonyl (C=O) groups excluding carboxylic acids is 2. The van der Waals surface area contributed by atoms with Gasteiger partial charge in [-0.15, -0.1) is 0 Å². The van der Waals surface area contributed by atoms with E-state index < -0.39 is 63.5 Å². The van der Waals surface area contributed by atoms with Gasteiger partial charge in [-0.3, -0.25) is 9.59 Å². The molecule has 148 valence electrons. The zero-order valence-electron chi connectivity index (χ0n) is 15.7. The molecule has 1 aromatic rings. The summed E-state index contributed by atoms with van der Waals surface area (Å²) in [4.78, 5) is 24.8. The quantitative estimate of drug-likeness (QED) is 0.339. The van der Waals surface area contributed by atoms with E-state index >= 15 is 0 Å². The number of carbonyl (C=O) groups is 2. The van der Waals surface area contributed by atoms with Crippen molar-refractivity contribution in [2.75, 3.05) is 0 Å². The molecule has 0 aliphatic carbocycles. The highest BCUT2D eigenvalue weighted by Crippen LogP contribution is 2.33. The predicted molar refractivity (Wildman–Crippen MR) is 85.4 cm³/mol. The Morgan fingerprint density at radius 2 is 1.15 bits per heavy atom. The number of hydrogen-bond donors (Lipinski definition) is 0. The van der Waals surface area contributed by atoms with Gasteiger partial charge in [-0.2, -0.15) is 5.26 Å². The molecule has 0 radical (unpaired) electrons. The second-order valence-corrected chi connectivity index (χ2v) is 7.66. The van der Waals surface area contributed by atoms with Crippen LogP contribution in [0, 0.1) is 34.6 Å². The van der Waals surface area contributed by atoms with E-state index in [0.29, 0.717) is 0 Å². The molecule has 9 heteroatoms. The highest BCUT2D eigenvalue weighted by atomic mass is 19.2. The minimum Gasteiger partial charge on any atom is -0.459 e. The van der Waals surface area contributed by atoms with Gasteiger partial charge in [0.15, 0.2) is 29.2 Å². The largest absolute Gasteiger partial charge is 0.459 e. The molecule has 0 spiro atoms. The van der Waals surface area contributed by atoms with E-state index in [1.54, 1.807) is 0 Å². The predicted octanol–water partition coefficient (Wildman–Crippen LogP) is 3.88. The summed E-state index contributed by atoms with van der Waals surface area (Å²) in [6.45, 7) is 8.52. The number of nitrogens with zero attached hydrogens (tertiary/aromatic N) is 1. The summed E-state index contributed by atoms with van der Waals surface area (Å²) in [6.07, 6.45) is 0. The summed E-state index contributed by atoms with van der Waals surface area (Å²) in [5, 5.41) is 8.66. The topological polar surface area (TPSA) is 76.4 Å². The van der Waals surface area contributed by atoms with Crippen molar-refractivity contribution in [1.29, 1.82) is 5.26 Å². The highest BCUT2D eigenvalue weighted by Gasteiger charge is 2.42. The fourth-order valence-corrected chi connectivity index (χ4v) is 2.05. The van der Waals surface area contributed by atoms with Gasteiger partial charge in [-0.05, 0) is 41.5 Å². The molecule has 0 fully saturated rings. The van der Waals surface area contributed by atoms with E-state index in [2.05, 4.69) is 0 Å². The lowest BCUT2D eigenvalue weighted by Crippen LogP contribution is -2.36. The standard InChI is InChI=1S/C18H19F4NO4/c1-17(2,3)26-15(24)10(16(25)27-18(4,5)6)9-13(21)11(19)8(7-23)12(20)14(9)22/h10H,1-6H3. The lowest BCUT2D eigenvalue weighted by molar-refractivity contribution is -0.169. The first kappa shape index (κ1) is 22.4. The molecule has 0 aliphatic rings. The van der Waals surface area contributed by atoms with Crippen LogP contribution < -0.4 is 0 Å². The van der Waals surface area contributed by atoms with E-state index in [1.165, 1.54) is 41.5 Å². The fourth-order valence-electron chi connectivity index (χ4n) is 2.05. The van der Waals surface area contributed by atoms with Crippen LogP contribution in [0.5, 0.6) is 0 Å². The Labute approximate surface area is 153 Å². The van der Waals surface area contributed by atoms with Crippen molar-refractivity contribution < 1.29 is 36.6 Å². The molecule has 27 heavy (non-hydrogen) atoms. The van der Waals surface area contributed by atoms with E-state index in [-0.39, 0.29) is 0 Å². The molecule has 0 atom stereocenters. The Kier molecular flexibility index (Phi) is 6.26. The Bertz CT molecular complexity index is 760. The van der Waals surface area contributed by atoms with Gasteiger partial charge in [0, 0.05) is 0 Å². The number of rotatable bonds is 3. The van der Waals surface area contributed by atoms with Crippen LogP contribution in [0.1, 0.15) is 58.6 Å². The lowest BCUT2D eigenvalue weighted by atomic mass is 9.95. The number of benzene rings is 1. The summed E-state index contributed by atoms with van der Waals surface area (Å²) in [5.74, 6) is -13.5. The van der Waals surface area contributed by atoms with Gasteiger partial charge < -0.3 is 9.47 Å². The molecule has 0 N–H and O–H groups in total. The molecule has 1 aromatic carbocycles. The normalized spacial score (nSPS) is 11.9. The summed E-state index contributed by atoms with van der Waals surface area (Å²) < 4.78 is 66.6. The maximum atomic E-state index is 14.4. The monoisotopic (exact) mass is 389 g/mol. The number of ether oxygens (including phenoxy) is 2. The third-order valence-electron chi connectivity index (χ3n) is 2.98. The molecule has 0 amide bonds. The van der Waals surface area contributed by atoms with Gasteiger partial charge in [0.1, 0.15) is 22.8 Å². The van der Waals surface area contributed by atoms with E-state index in [9.17, 15) is 27.2 Å². The second kappa shape index (κ2) is 7.55. The Morgan fingerprint density at radius 3 is 1.41 bits per heavy atom. The SMILES string of the molecule is CC(C)(C)OC(=O)C(C(=O)OC(C)(C)C)c1c(F)c(F)c(C#N)c(F)c1F. The molecular formula is C18H19F4NO4. The van der Waals surface area contributed by atoms with Crippen LogP contribution in [0.4, 0.5) is 17.6 Å². The molecule has 5 nitrogen and oxygen atoms in total. The molecule has 0 saturated heterocycles. The van der Waals surface area contributed by atoms with Crippen molar-refractivity contribution in [2.45, 2.75) is 58.7 Å². The highest BCUT2D eigenvalue weighted by molar-refractivity contribution is 6.01. The van der Waals surface area contributed by atoms with Crippen molar-refractivity contribution in [3.63, 3.8) is 0 Å². The van der Waals surface area contributed by atoms with Crippen LogP contribution in [0.2, 0.25) is 0 Å². The van der Waals surface area contributed by atoms with Gasteiger partial charge in [0.05, 0.1) is 5.56 Å². The number of hydrogen-bond acceptors (Lipinski definition) is 5. The van der Waals surface area contributed by atoms with Crippen LogP contribution >= 0.6 is 0 Å². The first-order valence-electron chi connectivity index (χ1n) is 7.82. The molecular weight excluding hydrogens is 370 g/mol. The molecule has 0 aliphatic heterocycles. The third kappa shape index (κ3) is 5.18. The van der Waals surface area contributed by atoms with Crippen molar-refractivity contribution in [3.05, 3.63) is 34.4 Å². The van der Waals surface area contributed by atoms with Gasteiger partial charge in [-0.25, -0.2) is 17.6 Å². The summed E-state index contributed by atoms with van der Waals surface area (Å²) in [6, 6.07) is 0.984. The van der Waals surface area contributed by atoms with Gasteiger partial charge in [0.25, 0.3) is 0 Å². The Morgan fingerprint density at radius 1 is 0.815 bits per heavy atom. The van der Waals surface area contributed by atoms with Crippen LogP contribution in [-0.2, 0) is 19.1 Å². The van der Waals surface area contributed by atoms with E-state index in [1.807, 2.05) is 0 Å². The number of esters is 2. The zero-order valence-corrected chi connectivity index (χ0v) is 15.7. The summed E-state index contributed by atoms with van der Waals surface area (Å²) >= 11 is 0. The van der Waals surface area contributed by atoms with Crippen molar-refractivity contribution in [2.24, 2.45) is 0 Å². The average Bonchev–Trinajstić information content (AvgIpc) is 2.46. The van der Waals surface area contributed by atoms with Gasteiger partial charge >= 0.3 is 11.9 Å². The van der Waals surface area contributed by atoms with Crippen molar-refractivity contribution in [1.82, 2.24) is 0 Å². The molecule has 1 rings (SSSR count). The molecule has 0 unspecified atom stereocenters. The third-order valence-corrected chi connectivity index (χ3v) is 2.98. The van der Waals surface area contributed by atoms with Gasteiger partial charge in [-0.1, -0.05) is 0 Å². The van der Waals surface area contributed by atoms with Gasteiger partial charge in [0.2, 0.25) is 0 Å². The first-order chi connectivity index (χ1) is 12.1.